The molecule has 108 valence electrons. The Morgan fingerprint density at radius 1 is 1.39 bits per heavy atom. The van der Waals surface area contributed by atoms with Crippen LogP contribution in [0.4, 0.5) is 0 Å². The molecule has 0 unspecified atom stereocenters. The molecule has 0 atom stereocenters. The van der Waals surface area contributed by atoms with E-state index in [2.05, 4.69) is 20.7 Å². The Labute approximate surface area is 118 Å². The second kappa shape index (κ2) is 7.19. The van der Waals surface area contributed by atoms with E-state index in [1.54, 1.807) is 0 Å². The van der Waals surface area contributed by atoms with Gasteiger partial charge in [-0.3, -0.25) is 0 Å². The Morgan fingerprint density at radius 3 is 2.50 bits per heavy atom. The molecule has 0 spiro atoms. The molecule has 1 aliphatic heterocycles. The molecule has 0 aromatic carbocycles. The summed E-state index contributed by atoms with van der Waals surface area (Å²) in [7, 11) is -3.31. The first-order valence-corrected chi connectivity index (χ1v) is 8.93. The van der Waals surface area contributed by atoms with Crippen LogP contribution in [0.2, 0.25) is 0 Å². The highest BCUT2D eigenvalue weighted by atomic mass is 79.9. The van der Waals surface area contributed by atoms with Crippen molar-refractivity contribution in [3.63, 3.8) is 0 Å². The fraction of sp³-hybridized carbons (Fsp3) is 1.00. The number of rotatable bonds is 7. The Bertz CT molecular complexity index is 339. The van der Waals surface area contributed by atoms with E-state index < -0.39 is 15.6 Å². The van der Waals surface area contributed by atoms with Crippen molar-refractivity contribution in [3.8, 4) is 0 Å². The normalized spacial score (nSPS) is 20.2. The molecule has 1 rings (SSSR count). The summed E-state index contributed by atoms with van der Waals surface area (Å²) in [5, 5.41) is 0.605. The molecule has 0 saturated carbocycles. The van der Waals surface area contributed by atoms with Crippen molar-refractivity contribution < 1.29 is 17.9 Å². The lowest BCUT2D eigenvalue weighted by Gasteiger charge is -2.36. The fourth-order valence-electron chi connectivity index (χ4n) is 1.80. The SMILES string of the molecule is CC(C)OCCS(=O)(=O)NC1(CBr)CCOCC1. The summed E-state index contributed by atoms with van der Waals surface area (Å²) < 4.78 is 37.3. The molecule has 0 bridgehead atoms. The van der Waals surface area contributed by atoms with E-state index >= 15 is 0 Å². The first kappa shape index (κ1) is 16.4. The molecule has 0 amide bonds. The summed E-state index contributed by atoms with van der Waals surface area (Å²) in [5.41, 5.74) is -0.408. The van der Waals surface area contributed by atoms with Crippen LogP contribution in [0.15, 0.2) is 0 Å². The lowest BCUT2D eigenvalue weighted by molar-refractivity contribution is 0.0555. The predicted octanol–water partition coefficient (Wildman–Crippen LogP) is 1.27. The van der Waals surface area contributed by atoms with Gasteiger partial charge in [0.2, 0.25) is 10.0 Å². The molecule has 0 aliphatic carbocycles. The van der Waals surface area contributed by atoms with Crippen LogP contribution in [0.25, 0.3) is 0 Å². The Balaban J connectivity index is 2.51. The maximum atomic E-state index is 12.0. The topological polar surface area (TPSA) is 64.6 Å². The molecule has 1 fully saturated rings. The maximum Gasteiger partial charge on any atom is 0.214 e. The van der Waals surface area contributed by atoms with E-state index in [-0.39, 0.29) is 18.5 Å². The van der Waals surface area contributed by atoms with Gasteiger partial charge in [0.15, 0.2) is 0 Å². The van der Waals surface area contributed by atoms with Gasteiger partial charge in [-0.25, -0.2) is 13.1 Å². The smallest absolute Gasteiger partial charge is 0.214 e. The minimum Gasteiger partial charge on any atom is -0.381 e. The van der Waals surface area contributed by atoms with E-state index in [0.717, 1.165) is 0 Å². The number of ether oxygens (including phenoxy) is 2. The minimum atomic E-state index is -3.31. The summed E-state index contributed by atoms with van der Waals surface area (Å²) >= 11 is 3.40. The van der Waals surface area contributed by atoms with Crippen LogP contribution in [0, 0.1) is 0 Å². The van der Waals surface area contributed by atoms with Gasteiger partial charge in [0.1, 0.15) is 0 Å². The third-order valence-electron chi connectivity index (χ3n) is 2.88. The average molecular weight is 344 g/mol. The first-order chi connectivity index (χ1) is 8.39. The van der Waals surface area contributed by atoms with Gasteiger partial charge in [0.05, 0.1) is 18.5 Å². The molecule has 1 heterocycles. The Kier molecular flexibility index (Phi) is 6.54. The van der Waals surface area contributed by atoms with Crippen LogP contribution in [0.1, 0.15) is 26.7 Å². The molecule has 0 radical (unpaired) electrons. The molecular weight excluding hydrogens is 322 g/mol. The summed E-state index contributed by atoms with van der Waals surface area (Å²) in [4.78, 5) is 0. The standard InChI is InChI=1S/C11H22BrNO4S/c1-10(2)17-7-8-18(14,15)13-11(9-12)3-5-16-6-4-11/h10,13H,3-9H2,1-2H3. The molecule has 1 N–H and O–H groups in total. The van der Waals surface area contributed by atoms with Crippen molar-refractivity contribution in [1.82, 2.24) is 4.72 Å². The van der Waals surface area contributed by atoms with Crippen molar-refractivity contribution >= 4 is 26.0 Å². The van der Waals surface area contributed by atoms with Crippen molar-refractivity contribution in [2.24, 2.45) is 0 Å². The average Bonchev–Trinajstić information content (AvgIpc) is 2.28. The van der Waals surface area contributed by atoms with Gasteiger partial charge in [-0.2, -0.15) is 0 Å². The highest BCUT2D eigenvalue weighted by molar-refractivity contribution is 9.09. The van der Waals surface area contributed by atoms with Crippen molar-refractivity contribution in [2.45, 2.75) is 38.3 Å². The Morgan fingerprint density at radius 2 is 2.00 bits per heavy atom. The molecular formula is C11H22BrNO4S. The van der Waals surface area contributed by atoms with Crippen LogP contribution in [0.3, 0.4) is 0 Å². The second-order valence-electron chi connectivity index (χ2n) is 4.87. The van der Waals surface area contributed by atoms with Gasteiger partial charge in [-0.15, -0.1) is 0 Å². The largest absolute Gasteiger partial charge is 0.381 e. The Hall–Kier alpha value is 0.310. The summed E-state index contributed by atoms with van der Waals surface area (Å²) in [5.74, 6) is 0.000781. The van der Waals surface area contributed by atoms with Crippen LogP contribution in [-0.2, 0) is 19.5 Å². The van der Waals surface area contributed by atoms with Crippen LogP contribution < -0.4 is 4.72 Å². The molecule has 1 saturated heterocycles. The van der Waals surface area contributed by atoms with Gasteiger partial charge < -0.3 is 9.47 Å². The van der Waals surface area contributed by atoms with E-state index in [9.17, 15) is 8.42 Å². The molecule has 18 heavy (non-hydrogen) atoms. The molecule has 0 aromatic rings. The molecule has 0 aromatic heterocycles. The zero-order chi connectivity index (χ0) is 13.6. The highest BCUT2D eigenvalue weighted by Gasteiger charge is 2.35. The van der Waals surface area contributed by atoms with E-state index in [0.29, 0.717) is 31.4 Å². The zero-order valence-corrected chi connectivity index (χ0v) is 13.3. The molecule has 7 heteroatoms. The quantitative estimate of drug-likeness (QED) is 0.707. The number of sulfonamides is 1. The van der Waals surface area contributed by atoms with E-state index in [4.69, 9.17) is 9.47 Å². The van der Waals surface area contributed by atoms with E-state index in [1.165, 1.54) is 0 Å². The summed E-state index contributed by atoms with van der Waals surface area (Å²) in [6.07, 6.45) is 1.44. The number of halogens is 1. The van der Waals surface area contributed by atoms with Gasteiger partial charge in [-0.05, 0) is 26.7 Å². The van der Waals surface area contributed by atoms with Crippen LogP contribution in [-0.4, -0.2) is 51.0 Å². The first-order valence-electron chi connectivity index (χ1n) is 6.16. The lowest BCUT2D eigenvalue weighted by atomic mass is 9.94. The third kappa shape index (κ3) is 5.52. The lowest BCUT2D eigenvalue weighted by Crippen LogP contribution is -2.54. The van der Waals surface area contributed by atoms with Crippen molar-refractivity contribution in [3.05, 3.63) is 0 Å². The molecule has 5 nitrogen and oxygen atoms in total. The van der Waals surface area contributed by atoms with Crippen LogP contribution >= 0.6 is 15.9 Å². The summed E-state index contributed by atoms with van der Waals surface area (Å²) in [6, 6.07) is 0. The minimum absolute atomic E-state index is 0.000781. The number of nitrogens with one attached hydrogen (secondary N) is 1. The fourth-order valence-corrected chi connectivity index (χ4v) is 4.04. The van der Waals surface area contributed by atoms with Gasteiger partial charge >= 0.3 is 0 Å². The van der Waals surface area contributed by atoms with Crippen molar-refractivity contribution in [1.29, 1.82) is 0 Å². The summed E-state index contributed by atoms with van der Waals surface area (Å²) in [6.45, 7) is 5.19. The zero-order valence-electron chi connectivity index (χ0n) is 10.9. The monoisotopic (exact) mass is 343 g/mol. The number of alkyl halides is 1. The van der Waals surface area contributed by atoms with Crippen molar-refractivity contribution in [2.75, 3.05) is 30.9 Å². The van der Waals surface area contributed by atoms with E-state index in [1.807, 2.05) is 13.8 Å². The number of hydrogen-bond acceptors (Lipinski definition) is 4. The number of hydrogen-bond donors (Lipinski definition) is 1. The van der Waals surface area contributed by atoms with Gasteiger partial charge in [-0.1, -0.05) is 15.9 Å². The third-order valence-corrected chi connectivity index (χ3v) is 5.40. The van der Waals surface area contributed by atoms with Gasteiger partial charge in [0.25, 0.3) is 0 Å². The predicted molar refractivity (Wildman–Crippen MR) is 74.6 cm³/mol. The molecule has 1 aliphatic rings. The maximum absolute atomic E-state index is 12.0. The second-order valence-corrected chi connectivity index (χ2v) is 7.27. The van der Waals surface area contributed by atoms with Crippen LogP contribution in [0.5, 0.6) is 0 Å². The highest BCUT2D eigenvalue weighted by Crippen LogP contribution is 2.24. The van der Waals surface area contributed by atoms with Gasteiger partial charge in [0, 0.05) is 24.1 Å².